The lowest BCUT2D eigenvalue weighted by Crippen LogP contribution is -2.38. The number of aromatic carboxylic acids is 1. The van der Waals surface area contributed by atoms with Crippen LogP contribution in [0.2, 0.25) is 0 Å². The Morgan fingerprint density at radius 1 is 1.40 bits per heavy atom. The van der Waals surface area contributed by atoms with Crippen molar-refractivity contribution in [2.24, 2.45) is 5.92 Å². The first-order chi connectivity index (χ1) is 9.45. The number of hydrogen-bond donors (Lipinski definition) is 1. The summed E-state index contributed by atoms with van der Waals surface area (Å²) in [4.78, 5) is 10.7. The molecular formula is C13H19NO5S. The van der Waals surface area contributed by atoms with Crippen molar-refractivity contribution in [2.75, 3.05) is 13.1 Å². The van der Waals surface area contributed by atoms with Crippen LogP contribution in [0, 0.1) is 5.92 Å². The molecule has 0 aliphatic carbocycles. The van der Waals surface area contributed by atoms with Crippen molar-refractivity contribution < 1.29 is 22.7 Å². The van der Waals surface area contributed by atoms with Gasteiger partial charge in [-0.3, -0.25) is 0 Å². The normalized spacial score (nSPS) is 18.2. The number of carboxylic acids is 1. The fourth-order valence-electron chi connectivity index (χ4n) is 2.55. The van der Waals surface area contributed by atoms with Crippen molar-refractivity contribution in [3.05, 3.63) is 17.9 Å². The van der Waals surface area contributed by atoms with Crippen LogP contribution in [0.5, 0.6) is 0 Å². The highest BCUT2D eigenvalue weighted by molar-refractivity contribution is 7.89. The third kappa shape index (κ3) is 3.04. The first kappa shape index (κ1) is 15.1. The van der Waals surface area contributed by atoms with Gasteiger partial charge in [-0.15, -0.1) is 0 Å². The summed E-state index contributed by atoms with van der Waals surface area (Å²) in [7, 11) is -3.71. The average molecular weight is 301 g/mol. The van der Waals surface area contributed by atoms with Gasteiger partial charge < -0.3 is 9.52 Å². The van der Waals surface area contributed by atoms with Gasteiger partial charge in [-0.1, -0.05) is 19.8 Å². The summed E-state index contributed by atoms with van der Waals surface area (Å²) in [6.45, 7) is 3.06. The van der Waals surface area contributed by atoms with Gasteiger partial charge in [0.2, 0.25) is 10.9 Å². The van der Waals surface area contributed by atoms with Crippen LogP contribution in [-0.4, -0.2) is 36.9 Å². The second-order valence-corrected chi connectivity index (χ2v) is 6.93. The maximum atomic E-state index is 12.3. The maximum absolute atomic E-state index is 12.3. The third-order valence-electron chi connectivity index (χ3n) is 3.66. The van der Waals surface area contributed by atoms with Gasteiger partial charge in [0.05, 0.1) is 0 Å². The molecule has 0 amide bonds. The van der Waals surface area contributed by atoms with E-state index in [0.717, 1.165) is 25.7 Å². The zero-order valence-electron chi connectivity index (χ0n) is 11.4. The largest absolute Gasteiger partial charge is 0.475 e. The number of carbonyl (C=O) groups is 1. The van der Waals surface area contributed by atoms with Crippen LogP contribution in [0.25, 0.3) is 0 Å². The standard InChI is InChI=1S/C13H19NO5S/c1-2-3-10-6-8-14(9-7-10)20(17,18)12-5-4-11(19-12)13(15)16/h4-5,10H,2-3,6-9H2,1H3,(H,15,16). The SMILES string of the molecule is CCCC1CCN(S(=O)(=O)c2ccc(C(=O)O)o2)CC1. The second-order valence-electron chi connectivity index (χ2n) is 5.06. The summed E-state index contributed by atoms with van der Waals surface area (Å²) in [5.41, 5.74) is 0. The summed E-state index contributed by atoms with van der Waals surface area (Å²) in [6, 6.07) is 2.37. The van der Waals surface area contributed by atoms with Crippen molar-refractivity contribution in [2.45, 2.75) is 37.7 Å². The number of furan rings is 1. The zero-order chi connectivity index (χ0) is 14.8. The van der Waals surface area contributed by atoms with E-state index in [2.05, 4.69) is 6.92 Å². The van der Waals surface area contributed by atoms with Crippen LogP contribution < -0.4 is 0 Å². The van der Waals surface area contributed by atoms with Gasteiger partial charge in [0.25, 0.3) is 10.0 Å². The molecule has 0 saturated carbocycles. The Hall–Kier alpha value is -1.34. The summed E-state index contributed by atoms with van der Waals surface area (Å²) in [5, 5.41) is 8.48. The monoisotopic (exact) mass is 301 g/mol. The van der Waals surface area contributed by atoms with E-state index in [1.54, 1.807) is 0 Å². The minimum absolute atomic E-state index is 0.288. The molecule has 2 rings (SSSR count). The van der Waals surface area contributed by atoms with Crippen LogP contribution in [0.15, 0.2) is 21.6 Å². The molecule has 0 unspecified atom stereocenters. The Bertz CT molecular complexity index is 569. The molecule has 1 N–H and O–H groups in total. The van der Waals surface area contributed by atoms with Gasteiger partial charge >= 0.3 is 5.97 Å². The van der Waals surface area contributed by atoms with Gasteiger partial charge in [-0.2, -0.15) is 4.31 Å². The number of nitrogens with zero attached hydrogens (tertiary/aromatic N) is 1. The van der Waals surface area contributed by atoms with Crippen molar-refractivity contribution in [1.29, 1.82) is 0 Å². The molecule has 1 aromatic rings. The van der Waals surface area contributed by atoms with E-state index in [1.807, 2.05) is 0 Å². The summed E-state index contributed by atoms with van der Waals surface area (Å²) >= 11 is 0. The molecule has 0 bridgehead atoms. The zero-order valence-corrected chi connectivity index (χ0v) is 12.2. The van der Waals surface area contributed by atoms with Crippen LogP contribution in [0.4, 0.5) is 0 Å². The molecule has 112 valence electrons. The van der Waals surface area contributed by atoms with Crippen LogP contribution >= 0.6 is 0 Å². The molecule has 1 saturated heterocycles. The molecule has 7 heteroatoms. The van der Waals surface area contributed by atoms with E-state index in [0.29, 0.717) is 19.0 Å². The maximum Gasteiger partial charge on any atom is 0.371 e. The lowest BCUT2D eigenvalue weighted by molar-refractivity contribution is 0.0656. The molecule has 1 aliphatic heterocycles. The van der Waals surface area contributed by atoms with Gasteiger partial charge in [-0.25, -0.2) is 13.2 Å². The fourth-order valence-corrected chi connectivity index (χ4v) is 3.93. The quantitative estimate of drug-likeness (QED) is 0.900. The number of rotatable bonds is 5. The first-order valence-electron chi connectivity index (χ1n) is 6.78. The van der Waals surface area contributed by atoms with E-state index in [1.165, 1.54) is 16.4 Å². The highest BCUT2D eigenvalue weighted by Gasteiger charge is 2.31. The van der Waals surface area contributed by atoms with Gasteiger partial charge in [0.1, 0.15) is 0 Å². The van der Waals surface area contributed by atoms with Crippen molar-refractivity contribution in [3.63, 3.8) is 0 Å². The van der Waals surface area contributed by atoms with Gasteiger partial charge in [-0.05, 0) is 30.9 Å². The average Bonchev–Trinajstić information content (AvgIpc) is 2.90. The molecule has 1 aliphatic rings. The van der Waals surface area contributed by atoms with E-state index in [9.17, 15) is 13.2 Å². The highest BCUT2D eigenvalue weighted by Crippen LogP contribution is 2.27. The van der Waals surface area contributed by atoms with E-state index < -0.39 is 16.0 Å². The van der Waals surface area contributed by atoms with E-state index in [-0.39, 0.29) is 10.9 Å². The number of hydrogen-bond acceptors (Lipinski definition) is 4. The molecule has 0 aromatic carbocycles. The highest BCUT2D eigenvalue weighted by atomic mass is 32.2. The predicted octanol–water partition coefficient (Wildman–Crippen LogP) is 2.18. The first-order valence-corrected chi connectivity index (χ1v) is 8.22. The fraction of sp³-hybridized carbons (Fsp3) is 0.615. The minimum atomic E-state index is -3.71. The van der Waals surface area contributed by atoms with Gasteiger partial charge in [0.15, 0.2) is 0 Å². The molecule has 0 radical (unpaired) electrons. The van der Waals surface area contributed by atoms with Crippen LogP contribution in [0.3, 0.4) is 0 Å². The minimum Gasteiger partial charge on any atom is -0.475 e. The number of carboxylic acid groups (broad SMARTS) is 1. The number of piperidine rings is 1. The van der Waals surface area contributed by atoms with Crippen molar-refractivity contribution in [1.82, 2.24) is 4.31 Å². The molecular weight excluding hydrogens is 282 g/mol. The molecule has 0 atom stereocenters. The lowest BCUT2D eigenvalue weighted by Gasteiger charge is -2.30. The van der Waals surface area contributed by atoms with Crippen LogP contribution in [-0.2, 0) is 10.0 Å². The Balaban J connectivity index is 2.09. The summed E-state index contributed by atoms with van der Waals surface area (Å²) < 4.78 is 30.9. The number of sulfonamides is 1. The Kier molecular flexibility index (Phi) is 4.49. The molecule has 6 nitrogen and oxygen atoms in total. The van der Waals surface area contributed by atoms with Crippen molar-refractivity contribution >= 4 is 16.0 Å². The summed E-state index contributed by atoms with van der Waals surface area (Å²) in [6.07, 6.45) is 3.93. The lowest BCUT2D eigenvalue weighted by atomic mass is 9.94. The summed E-state index contributed by atoms with van der Waals surface area (Å²) in [5.74, 6) is -1.05. The molecule has 0 spiro atoms. The Labute approximate surface area is 118 Å². The Morgan fingerprint density at radius 2 is 2.05 bits per heavy atom. The van der Waals surface area contributed by atoms with Crippen molar-refractivity contribution in [3.8, 4) is 0 Å². The smallest absolute Gasteiger partial charge is 0.371 e. The van der Waals surface area contributed by atoms with Crippen LogP contribution in [0.1, 0.15) is 43.2 Å². The predicted molar refractivity (Wildman–Crippen MR) is 72.1 cm³/mol. The van der Waals surface area contributed by atoms with E-state index in [4.69, 9.17) is 9.52 Å². The third-order valence-corrected chi connectivity index (χ3v) is 5.43. The topological polar surface area (TPSA) is 87.8 Å². The second kappa shape index (κ2) is 5.97. The molecule has 2 heterocycles. The molecule has 1 fully saturated rings. The van der Waals surface area contributed by atoms with Gasteiger partial charge in [0, 0.05) is 13.1 Å². The van der Waals surface area contributed by atoms with E-state index >= 15 is 0 Å². The Morgan fingerprint density at radius 3 is 2.55 bits per heavy atom. The molecule has 1 aromatic heterocycles. The molecule has 20 heavy (non-hydrogen) atoms.